The fourth-order valence-electron chi connectivity index (χ4n) is 1.51. The van der Waals surface area contributed by atoms with E-state index in [9.17, 15) is 17.6 Å². The Labute approximate surface area is 126 Å². The number of ether oxygens (including phenoxy) is 1. The van der Waals surface area contributed by atoms with Gasteiger partial charge >= 0.3 is 6.18 Å². The van der Waals surface area contributed by atoms with E-state index in [0.29, 0.717) is 0 Å². The molecule has 112 valence electrons. The zero-order chi connectivity index (χ0) is 15.6. The Balaban J connectivity index is 2.36. The number of benzene rings is 1. The molecule has 0 unspecified atom stereocenters. The summed E-state index contributed by atoms with van der Waals surface area (Å²) in [5.74, 6) is -0.568. The maximum absolute atomic E-state index is 13.1. The van der Waals surface area contributed by atoms with Crippen molar-refractivity contribution >= 4 is 21.7 Å². The van der Waals surface area contributed by atoms with Crippen LogP contribution in [0, 0.1) is 5.82 Å². The number of nitrogens with zero attached hydrogens (tertiary/aromatic N) is 1. The summed E-state index contributed by atoms with van der Waals surface area (Å²) >= 11 is 2.97. The van der Waals surface area contributed by atoms with Gasteiger partial charge in [0.15, 0.2) is 0 Å². The van der Waals surface area contributed by atoms with Crippen LogP contribution in [0.5, 0.6) is 11.6 Å². The molecule has 0 aliphatic heterocycles. The van der Waals surface area contributed by atoms with Crippen LogP contribution in [0.4, 0.5) is 23.4 Å². The van der Waals surface area contributed by atoms with Crippen LogP contribution in [0.1, 0.15) is 5.56 Å². The molecule has 1 aromatic carbocycles. The highest BCUT2D eigenvalue weighted by atomic mass is 79.9. The Hall–Kier alpha value is -1.83. The lowest BCUT2D eigenvalue weighted by molar-refractivity contribution is -0.137. The third-order valence-corrected chi connectivity index (χ3v) is 3.11. The molecule has 1 N–H and O–H groups in total. The van der Waals surface area contributed by atoms with Crippen molar-refractivity contribution in [2.75, 3.05) is 12.4 Å². The number of alkyl halides is 3. The summed E-state index contributed by atoms with van der Waals surface area (Å²) in [5.41, 5.74) is -0.891. The number of pyridine rings is 1. The van der Waals surface area contributed by atoms with Crippen molar-refractivity contribution in [3.8, 4) is 11.6 Å². The summed E-state index contributed by atoms with van der Waals surface area (Å²) < 4.78 is 56.8. The van der Waals surface area contributed by atoms with Crippen molar-refractivity contribution in [3.63, 3.8) is 0 Å². The molecule has 0 bridgehead atoms. The maximum atomic E-state index is 13.1. The summed E-state index contributed by atoms with van der Waals surface area (Å²) in [6.45, 7) is 0. The molecule has 0 spiro atoms. The highest BCUT2D eigenvalue weighted by molar-refractivity contribution is 9.10. The van der Waals surface area contributed by atoms with Crippen LogP contribution in [0.25, 0.3) is 0 Å². The molecule has 0 saturated heterocycles. The average Bonchev–Trinajstić information content (AvgIpc) is 2.41. The molecule has 0 saturated carbocycles. The third kappa shape index (κ3) is 3.84. The van der Waals surface area contributed by atoms with Crippen molar-refractivity contribution in [2.24, 2.45) is 0 Å². The number of hydrogen-bond acceptors (Lipinski definition) is 3. The highest BCUT2D eigenvalue weighted by Gasteiger charge is 2.32. The topological polar surface area (TPSA) is 34.1 Å². The Morgan fingerprint density at radius 3 is 2.48 bits per heavy atom. The molecular formula is C13H9BrF4N2O. The van der Waals surface area contributed by atoms with E-state index in [1.807, 2.05) is 0 Å². The van der Waals surface area contributed by atoms with E-state index >= 15 is 0 Å². The predicted octanol–water partition coefficient (Wildman–Crippen LogP) is 4.84. The van der Waals surface area contributed by atoms with Crippen molar-refractivity contribution in [1.82, 2.24) is 4.98 Å². The van der Waals surface area contributed by atoms with Crippen molar-refractivity contribution in [1.29, 1.82) is 0 Å². The SMILES string of the molecule is CNc1cc(C(F)(F)F)cc(Oc2ccc(F)c(Br)c2)n1. The Kier molecular flexibility index (Phi) is 4.36. The Bertz CT molecular complexity index is 661. The van der Waals surface area contributed by atoms with E-state index in [1.165, 1.54) is 19.2 Å². The molecule has 1 heterocycles. The van der Waals surface area contributed by atoms with Crippen molar-refractivity contribution in [3.05, 3.63) is 46.2 Å². The molecule has 21 heavy (non-hydrogen) atoms. The minimum absolute atomic E-state index is 0.0148. The molecule has 0 atom stereocenters. The van der Waals surface area contributed by atoms with E-state index in [2.05, 4.69) is 26.2 Å². The monoisotopic (exact) mass is 364 g/mol. The Morgan fingerprint density at radius 1 is 1.19 bits per heavy atom. The lowest BCUT2D eigenvalue weighted by Gasteiger charge is -2.12. The fraction of sp³-hybridized carbons (Fsp3) is 0.154. The molecular weight excluding hydrogens is 356 g/mol. The normalized spacial score (nSPS) is 11.3. The first kappa shape index (κ1) is 15.6. The second kappa shape index (κ2) is 5.88. The smallest absolute Gasteiger partial charge is 0.416 e. The van der Waals surface area contributed by atoms with Gasteiger partial charge in [-0.05, 0) is 40.2 Å². The van der Waals surface area contributed by atoms with Gasteiger partial charge < -0.3 is 10.1 Å². The van der Waals surface area contributed by atoms with Crippen LogP contribution in [0.3, 0.4) is 0 Å². The second-order valence-electron chi connectivity index (χ2n) is 4.01. The molecule has 0 amide bonds. The van der Waals surface area contributed by atoms with Crippen molar-refractivity contribution < 1.29 is 22.3 Å². The van der Waals surface area contributed by atoms with Gasteiger partial charge in [-0.2, -0.15) is 18.2 Å². The molecule has 1 aromatic heterocycles. The van der Waals surface area contributed by atoms with Gasteiger partial charge in [0.2, 0.25) is 5.88 Å². The zero-order valence-electron chi connectivity index (χ0n) is 10.6. The number of anilines is 1. The molecule has 2 aromatic rings. The molecule has 8 heteroatoms. The van der Waals surface area contributed by atoms with Crippen LogP contribution in [-0.2, 0) is 6.18 Å². The molecule has 0 aliphatic carbocycles. The number of aromatic nitrogens is 1. The summed E-state index contributed by atoms with van der Waals surface area (Å²) in [7, 11) is 1.45. The first-order valence-electron chi connectivity index (χ1n) is 5.69. The first-order valence-corrected chi connectivity index (χ1v) is 6.49. The van der Waals surface area contributed by atoms with Crippen molar-refractivity contribution in [2.45, 2.75) is 6.18 Å². The molecule has 2 rings (SSSR count). The Morgan fingerprint density at radius 2 is 1.90 bits per heavy atom. The van der Waals surface area contributed by atoms with Gasteiger partial charge in [0.05, 0.1) is 10.0 Å². The molecule has 0 aliphatic rings. The summed E-state index contributed by atoms with van der Waals surface area (Å²) in [6, 6.07) is 5.37. The first-order chi connectivity index (χ1) is 9.79. The largest absolute Gasteiger partial charge is 0.439 e. The molecule has 0 radical (unpaired) electrons. The minimum Gasteiger partial charge on any atom is -0.439 e. The van der Waals surface area contributed by atoms with Gasteiger partial charge in [-0.15, -0.1) is 0 Å². The highest BCUT2D eigenvalue weighted by Crippen LogP contribution is 2.34. The van der Waals surface area contributed by atoms with Crippen LogP contribution >= 0.6 is 15.9 Å². The van der Waals surface area contributed by atoms with Gasteiger partial charge in [0, 0.05) is 13.1 Å². The molecule has 0 fully saturated rings. The summed E-state index contributed by atoms with van der Waals surface area (Å²) in [6.07, 6.45) is -4.52. The maximum Gasteiger partial charge on any atom is 0.416 e. The minimum atomic E-state index is -4.52. The van der Waals surface area contributed by atoms with E-state index in [-0.39, 0.29) is 21.9 Å². The van der Waals surface area contributed by atoms with Crippen LogP contribution in [0.2, 0.25) is 0 Å². The third-order valence-electron chi connectivity index (χ3n) is 2.50. The van der Waals surface area contributed by atoms with Gasteiger partial charge in [0.25, 0.3) is 0 Å². The van der Waals surface area contributed by atoms with E-state index in [0.717, 1.165) is 18.2 Å². The number of halogens is 5. The average molecular weight is 365 g/mol. The fourth-order valence-corrected chi connectivity index (χ4v) is 1.87. The van der Waals surface area contributed by atoms with Crippen LogP contribution < -0.4 is 10.1 Å². The van der Waals surface area contributed by atoms with Crippen LogP contribution in [-0.4, -0.2) is 12.0 Å². The van der Waals surface area contributed by atoms with E-state index in [1.54, 1.807) is 0 Å². The standard InChI is InChI=1S/C13H9BrF4N2O/c1-19-11-4-7(13(16,17)18)5-12(20-11)21-8-2-3-10(15)9(14)6-8/h2-6H,1H3,(H,19,20). The summed E-state index contributed by atoms with van der Waals surface area (Å²) in [5, 5.41) is 2.53. The van der Waals surface area contributed by atoms with Gasteiger partial charge in [0.1, 0.15) is 17.4 Å². The zero-order valence-corrected chi connectivity index (χ0v) is 12.2. The van der Waals surface area contributed by atoms with Crippen LogP contribution in [0.15, 0.2) is 34.8 Å². The molecule has 3 nitrogen and oxygen atoms in total. The number of hydrogen-bond donors (Lipinski definition) is 1. The van der Waals surface area contributed by atoms with E-state index in [4.69, 9.17) is 4.74 Å². The second-order valence-corrected chi connectivity index (χ2v) is 4.86. The van der Waals surface area contributed by atoms with Gasteiger partial charge in [-0.3, -0.25) is 0 Å². The van der Waals surface area contributed by atoms with Gasteiger partial charge in [-0.25, -0.2) is 4.39 Å². The predicted molar refractivity (Wildman–Crippen MR) is 73.0 cm³/mol. The number of nitrogens with one attached hydrogen (secondary N) is 1. The summed E-state index contributed by atoms with van der Waals surface area (Å²) in [4.78, 5) is 3.87. The van der Waals surface area contributed by atoms with Gasteiger partial charge in [-0.1, -0.05) is 0 Å². The number of rotatable bonds is 3. The quantitative estimate of drug-likeness (QED) is 0.791. The lowest BCUT2D eigenvalue weighted by atomic mass is 10.2. The van der Waals surface area contributed by atoms with E-state index < -0.39 is 17.6 Å². The lowest BCUT2D eigenvalue weighted by Crippen LogP contribution is -2.07.